The number of hydrogen-bond acceptors (Lipinski definition) is 3. The molecule has 124 valence electrons. The first kappa shape index (κ1) is 17.3. The minimum absolute atomic E-state index is 0.523. The van der Waals surface area contributed by atoms with Crippen LogP contribution in [-0.2, 0) is 6.42 Å². The van der Waals surface area contributed by atoms with Gasteiger partial charge in [0.15, 0.2) is 5.96 Å². The molecule has 1 aliphatic rings. The van der Waals surface area contributed by atoms with Gasteiger partial charge in [0.2, 0.25) is 0 Å². The first-order valence-corrected chi connectivity index (χ1v) is 9.45. The highest BCUT2D eigenvalue weighted by Gasteiger charge is 2.19. The summed E-state index contributed by atoms with van der Waals surface area (Å²) in [7, 11) is 0. The molecule has 4 nitrogen and oxygen atoms in total. The number of likely N-dealkylation sites (tertiary alicyclic amines) is 1. The molecular formula is C17H30N4S. The van der Waals surface area contributed by atoms with Gasteiger partial charge in [0, 0.05) is 43.9 Å². The van der Waals surface area contributed by atoms with Crippen LogP contribution >= 0.6 is 11.3 Å². The zero-order valence-electron chi connectivity index (χ0n) is 14.4. The first-order chi connectivity index (χ1) is 10.6. The van der Waals surface area contributed by atoms with Crippen molar-refractivity contribution in [3.63, 3.8) is 0 Å². The van der Waals surface area contributed by atoms with E-state index in [4.69, 9.17) is 9.98 Å². The van der Waals surface area contributed by atoms with Crippen molar-refractivity contribution in [2.45, 2.75) is 52.9 Å². The molecule has 2 heterocycles. The van der Waals surface area contributed by atoms with E-state index in [1.165, 1.54) is 23.5 Å². The maximum atomic E-state index is 4.82. The molecule has 1 fully saturated rings. The fraction of sp³-hybridized carbons (Fsp3) is 0.765. The Bertz CT molecular complexity index is 481. The zero-order valence-corrected chi connectivity index (χ0v) is 15.2. The fourth-order valence-corrected chi connectivity index (χ4v) is 3.66. The molecule has 22 heavy (non-hydrogen) atoms. The van der Waals surface area contributed by atoms with Gasteiger partial charge < -0.3 is 10.2 Å². The molecule has 0 amide bonds. The van der Waals surface area contributed by atoms with Crippen molar-refractivity contribution < 1.29 is 0 Å². The molecule has 1 unspecified atom stereocenters. The number of aromatic nitrogens is 1. The highest BCUT2D eigenvalue weighted by atomic mass is 32.1. The van der Waals surface area contributed by atoms with Gasteiger partial charge in [-0.15, -0.1) is 11.3 Å². The second kappa shape index (κ2) is 8.51. The summed E-state index contributed by atoms with van der Waals surface area (Å²) in [5, 5.41) is 6.85. The van der Waals surface area contributed by atoms with Crippen LogP contribution in [0.3, 0.4) is 0 Å². The van der Waals surface area contributed by atoms with Gasteiger partial charge in [-0.05, 0) is 25.7 Å². The van der Waals surface area contributed by atoms with Crippen LogP contribution in [0.2, 0.25) is 0 Å². The van der Waals surface area contributed by atoms with Crippen molar-refractivity contribution in [3.05, 3.63) is 16.1 Å². The number of nitrogens with one attached hydrogen (secondary N) is 1. The van der Waals surface area contributed by atoms with Gasteiger partial charge in [0.05, 0.1) is 10.7 Å². The van der Waals surface area contributed by atoms with E-state index < -0.39 is 0 Å². The predicted octanol–water partition coefficient (Wildman–Crippen LogP) is 3.51. The number of rotatable bonds is 5. The van der Waals surface area contributed by atoms with E-state index in [1.807, 2.05) is 0 Å². The topological polar surface area (TPSA) is 40.5 Å². The molecule has 0 aliphatic carbocycles. The second-order valence-corrected chi connectivity index (χ2v) is 7.40. The summed E-state index contributed by atoms with van der Waals surface area (Å²) in [6, 6.07) is 0. The van der Waals surface area contributed by atoms with Crippen LogP contribution in [0, 0.1) is 5.92 Å². The number of hydrogen-bond donors (Lipinski definition) is 1. The Hall–Kier alpha value is -1.10. The third kappa shape index (κ3) is 4.97. The predicted molar refractivity (Wildman–Crippen MR) is 95.9 cm³/mol. The average Bonchev–Trinajstić information content (AvgIpc) is 2.95. The highest BCUT2D eigenvalue weighted by molar-refractivity contribution is 7.09. The maximum Gasteiger partial charge on any atom is 0.193 e. The molecule has 1 aromatic rings. The minimum atomic E-state index is 0.523. The van der Waals surface area contributed by atoms with Gasteiger partial charge in [-0.1, -0.05) is 20.8 Å². The Kier molecular flexibility index (Phi) is 6.68. The molecule has 0 radical (unpaired) electrons. The lowest BCUT2D eigenvalue weighted by Gasteiger charge is -2.33. The van der Waals surface area contributed by atoms with Crippen LogP contribution in [0.5, 0.6) is 0 Å². The SMILES string of the molecule is CCNC(=NCCc1csc(C(C)C)n1)N1CCCC(C)C1. The third-order valence-corrected chi connectivity index (χ3v) is 5.18. The van der Waals surface area contributed by atoms with E-state index >= 15 is 0 Å². The summed E-state index contributed by atoms with van der Waals surface area (Å²) in [4.78, 5) is 11.9. The maximum absolute atomic E-state index is 4.82. The average molecular weight is 323 g/mol. The summed E-state index contributed by atoms with van der Waals surface area (Å²) in [6.07, 6.45) is 3.55. The van der Waals surface area contributed by atoms with Gasteiger partial charge in [-0.25, -0.2) is 4.98 Å². The van der Waals surface area contributed by atoms with Crippen molar-refractivity contribution in [2.24, 2.45) is 10.9 Å². The number of guanidine groups is 1. The molecule has 1 aromatic heterocycles. The van der Waals surface area contributed by atoms with E-state index in [1.54, 1.807) is 11.3 Å². The first-order valence-electron chi connectivity index (χ1n) is 8.57. The molecule has 1 saturated heterocycles. The van der Waals surface area contributed by atoms with Gasteiger partial charge >= 0.3 is 0 Å². The van der Waals surface area contributed by atoms with Gasteiger partial charge in [-0.3, -0.25) is 4.99 Å². The standard InChI is InChI=1S/C17H30N4S/c1-5-18-17(21-10-6-7-14(4)11-21)19-9-8-15-12-22-16(20-15)13(2)3/h12-14H,5-11H2,1-4H3,(H,18,19). The van der Waals surface area contributed by atoms with Crippen molar-refractivity contribution in [3.8, 4) is 0 Å². The summed E-state index contributed by atoms with van der Waals surface area (Å²) >= 11 is 1.77. The van der Waals surface area contributed by atoms with Crippen LogP contribution in [-0.4, -0.2) is 42.0 Å². The fourth-order valence-electron chi connectivity index (χ4n) is 2.79. The molecule has 1 atom stereocenters. The molecule has 0 aromatic carbocycles. The quantitative estimate of drug-likeness (QED) is 0.666. The molecule has 5 heteroatoms. The zero-order chi connectivity index (χ0) is 15.9. The smallest absolute Gasteiger partial charge is 0.193 e. The molecule has 0 spiro atoms. The van der Waals surface area contributed by atoms with E-state index in [-0.39, 0.29) is 0 Å². The lowest BCUT2D eigenvalue weighted by molar-refractivity contribution is 0.266. The summed E-state index contributed by atoms with van der Waals surface area (Å²) < 4.78 is 0. The van der Waals surface area contributed by atoms with Gasteiger partial charge in [-0.2, -0.15) is 0 Å². The highest BCUT2D eigenvalue weighted by Crippen LogP contribution is 2.19. The molecule has 0 saturated carbocycles. The van der Waals surface area contributed by atoms with Crippen LogP contribution < -0.4 is 5.32 Å². The Morgan fingerprint density at radius 1 is 1.55 bits per heavy atom. The minimum Gasteiger partial charge on any atom is -0.357 e. The van der Waals surface area contributed by atoms with Crippen LogP contribution in [0.25, 0.3) is 0 Å². The molecule has 1 aliphatic heterocycles. The van der Waals surface area contributed by atoms with E-state index in [9.17, 15) is 0 Å². The molecular weight excluding hydrogens is 292 g/mol. The third-order valence-electron chi connectivity index (χ3n) is 3.98. The monoisotopic (exact) mass is 322 g/mol. The molecule has 2 rings (SSSR count). The molecule has 0 bridgehead atoms. The number of thiazole rings is 1. The Morgan fingerprint density at radius 2 is 2.36 bits per heavy atom. The van der Waals surface area contributed by atoms with Crippen LogP contribution in [0.4, 0.5) is 0 Å². The van der Waals surface area contributed by atoms with Gasteiger partial charge in [0.25, 0.3) is 0 Å². The lowest BCUT2D eigenvalue weighted by Crippen LogP contribution is -2.46. The number of nitrogens with zero attached hydrogens (tertiary/aromatic N) is 3. The molecule has 1 N–H and O–H groups in total. The normalized spacial score (nSPS) is 19.8. The van der Waals surface area contributed by atoms with Crippen molar-refractivity contribution >= 4 is 17.3 Å². The Balaban J connectivity index is 1.91. The van der Waals surface area contributed by atoms with Crippen LogP contribution in [0.1, 0.15) is 57.2 Å². The second-order valence-electron chi connectivity index (χ2n) is 6.51. The van der Waals surface area contributed by atoms with E-state index in [2.05, 4.69) is 43.3 Å². The summed E-state index contributed by atoms with van der Waals surface area (Å²) in [6.45, 7) is 12.9. The van der Waals surface area contributed by atoms with Crippen molar-refractivity contribution in [1.82, 2.24) is 15.2 Å². The lowest BCUT2D eigenvalue weighted by atomic mass is 10.0. The van der Waals surface area contributed by atoms with E-state index in [0.717, 1.165) is 44.5 Å². The Morgan fingerprint density at radius 3 is 3.00 bits per heavy atom. The van der Waals surface area contributed by atoms with Crippen molar-refractivity contribution in [2.75, 3.05) is 26.2 Å². The van der Waals surface area contributed by atoms with Gasteiger partial charge in [0.1, 0.15) is 0 Å². The largest absolute Gasteiger partial charge is 0.357 e. The Labute approximate surface area is 139 Å². The summed E-state index contributed by atoms with van der Waals surface area (Å²) in [5.74, 6) is 2.37. The summed E-state index contributed by atoms with van der Waals surface area (Å²) in [5.41, 5.74) is 1.18. The van der Waals surface area contributed by atoms with Crippen LogP contribution in [0.15, 0.2) is 10.4 Å². The number of piperidine rings is 1. The number of aliphatic imine (C=N–C) groups is 1. The van der Waals surface area contributed by atoms with Crippen molar-refractivity contribution in [1.29, 1.82) is 0 Å². The van der Waals surface area contributed by atoms with E-state index in [0.29, 0.717) is 5.92 Å².